The number of rotatable bonds is 4. The zero-order chi connectivity index (χ0) is 11.2. The lowest BCUT2D eigenvalue weighted by molar-refractivity contribution is 0.972. The van der Waals surface area contributed by atoms with Crippen LogP contribution in [0.5, 0.6) is 0 Å². The molecule has 4 nitrogen and oxygen atoms in total. The van der Waals surface area contributed by atoms with Gasteiger partial charge in [0.2, 0.25) is 0 Å². The second-order valence-electron chi connectivity index (χ2n) is 3.37. The first-order chi connectivity index (χ1) is 7.92. The predicted octanol–water partition coefficient (Wildman–Crippen LogP) is 2.36. The molecule has 2 rings (SSSR count). The maximum absolute atomic E-state index is 5.45. The average Bonchev–Trinajstić information content (AvgIpc) is 2.38. The van der Waals surface area contributed by atoms with Crippen LogP contribution in [0.1, 0.15) is 0 Å². The van der Waals surface area contributed by atoms with E-state index < -0.39 is 0 Å². The number of anilines is 1. The molecule has 98 valence electrons. The summed E-state index contributed by atoms with van der Waals surface area (Å²) in [5, 5.41) is 11.1. The summed E-state index contributed by atoms with van der Waals surface area (Å²) in [5.74, 6) is 0.777. The third-order valence-electron chi connectivity index (χ3n) is 2.24. The summed E-state index contributed by atoms with van der Waals surface area (Å²) in [4.78, 5) is 0. The zero-order valence-corrected chi connectivity index (χ0v) is 11.4. The molecule has 0 bridgehead atoms. The first kappa shape index (κ1) is 16.6. The van der Waals surface area contributed by atoms with Crippen LogP contribution >= 0.6 is 24.8 Å². The van der Waals surface area contributed by atoms with Crippen molar-refractivity contribution in [2.75, 3.05) is 18.4 Å². The van der Waals surface area contributed by atoms with Crippen LogP contribution < -0.4 is 11.1 Å². The lowest BCUT2D eigenvalue weighted by Gasteiger charge is -2.08. The number of nitrogens with zero attached hydrogens (tertiary/aromatic N) is 2. The molecule has 0 radical (unpaired) electrons. The molecule has 3 N–H and O–H groups in total. The van der Waals surface area contributed by atoms with Crippen LogP contribution in [0, 0.1) is 0 Å². The summed E-state index contributed by atoms with van der Waals surface area (Å²) in [6.45, 7) is 1.27. The highest BCUT2D eigenvalue weighted by Gasteiger charge is 2.04. The molecule has 0 amide bonds. The molecule has 0 saturated heterocycles. The second-order valence-corrected chi connectivity index (χ2v) is 3.37. The third-order valence-corrected chi connectivity index (χ3v) is 2.24. The Kier molecular flexibility index (Phi) is 8.03. The summed E-state index contributed by atoms with van der Waals surface area (Å²) in [6, 6.07) is 12.0. The van der Waals surface area contributed by atoms with Crippen LogP contribution in [-0.4, -0.2) is 23.3 Å². The SMILES string of the molecule is Cl.Cl.NCCNc1nnccc1-c1ccccc1. The molecule has 1 aromatic carbocycles. The molecular formula is C12H16Cl2N4. The van der Waals surface area contributed by atoms with E-state index in [-0.39, 0.29) is 24.8 Å². The van der Waals surface area contributed by atoms with Crippen LogP contribution in [-0.2, 0) is 0 Å². The van der Waals surface area contributed by atoms with Gasteiger partial charge in [-0.15, -0.1) is 29.9 Å². The Balaban J connectivity index is 0.00000144. The monoisotopic (exact) mass is 286 g/mol. The second kappa shape index (κ2) is 8.69. The van der Waals surface area contributed by atoms with Gasteiger partial charge in [-0.3, -0.25) is 0 Å². The van der Waals surface area contributed by atoms with E-state index in [0.29, 0.717) is 13.1 Å². The van der Waals surface area contributed by atoms with Gasteiger partial charge in [-0.2, -0.15) is 5.10 Å². The van der Waals surface area contributed by atoms with Gasteiger partial charge in [-0.05, 0) is 11.6 Å². The lowest BCUT2D eigenvalue weighted by Crippen LogP contribution is -2.14. The Bertz CT molecular complexity index is 451. The highest BCUT2D eigenvalue weighted by Crippen LogP contribution is 2.24. The van der Waals surface area contributed by atoms with Gasteiger partial charge in [-0.25, -0.2) is 0 Å². The van der Waals surface area contributed by atoms with E-state index in [4.69, 9.17) is 5.73 Å². The average molecular weight is 287 g/mol. The Morgan fingerprint density at radius 1 is 1.06 bits per heavy atom. The smallest absolute Gasteiger partial charge is 0.156 e. The minimum Gasteiger partial charge on any atom is -0.367 e. The molecule has 0 aliphatic heterocycles. The largest absolute Gasteiger partial charge is 0.367 e. The van der Waals surface area contributed by atoms with E-state index in [1.165, 1.54) is 0 Å². The molecular weight excluding hydrogens is 271 g/mol. The molecule has 0 atom stereocenters. The Morgan fingerprint density at radius 3 is 2.44 bits per heavy atom. The minimum absolute atomic E-state index is 0. The number of hydrogen-bond acceptors (Lipinski definition) is 4. The van der Waals surface area contributed by atoms with Gasteiger partial charge in [0.25, 0.3) is 0 Å². The van der Waals surface area contributed by atoms with Crippen LogP contribution in [0.25, 0.3) is 11.1 Å². The number of aromatic nitrogens is 2. The van der Waals surface area contributed by atoms with Crippen molar-refractivity contribution >= 4 is 30.6 Å². The summed E-state index contributed by atoms with van der Waals surface area (Å²) in [5.41, 5.74) is 7.62. The maximum Gasteiger partial charge on any atom is 0.156 e. The molecule has 18 heavy (non-hydrogen) atoms. The fraction of sp³-hybridized carbons (Fsp3) is 0.167. The molecule has 0 aliphatic rings. The standard InChI is InChI=1S/C12H14N4.2ClH/c13-7-9-14-12-11(6-8-15-16-12)10-4-2-1-3-5-10;;/h1-6,8H,7,9,13H2,(H,14,16);2*1H. The molecule has 0 saturated carbocycles. The molecule has 1 aromatic heterocycles. The Morgan fingerprint density at radius 2 is 1.78 bits per heavy atom. The van der Waals surface area contributed by atoms with Crippen molar-refractivity contribution in [1.82, 2.24) is 10.2 Å². The number of hydrogen-bond donors (Lipinski definition) is 2. The maximum atomic E-state index is 5.45. The van der Waals surface area contributed by atoms with Crippen LogP contribution in [0.3, 0.4) is 0 Å². The van der Waals surface area contributed by atoms with Gasteiger partial charge in [-0.1, -0.05) is 30.3 Å². The normalized spacial score (nSPS) is 8.94. The minimum atomic E-state index is 0. The van der Waals surface area contributed by atoms with Crippen molar-refractivity contribution in [1.29, 1.82) is 0 Å². The summed E-state index contributed by atoms with van der Waals surface area (Å²) >= 11 is 0. The van der Waals surface area contributed by atoms with Gasteiger partial charge in [0.05, 0.1) is 6.20 Å². The van der Waals surface area contributed by atoms with Crippen molar-refractivity contribution in [3.05, 3.63) is 42.6 Å². The van der Waals surface area contributed by atoms with Crippen LogP contribution in [0.15, 0.2) is 42.6 Å². The van der Waals surface area contributed by atoms with E-state index in [9.17, 15) is 0 Å². The van der Waals surface area contributed by atoms with Gasteiger partial charge in [0.15, 0.2) is 5.82 Å². The number of nitrogens with one attached hydrogen (secondary N) is 1. The quantitative estimate of drug-likeness (QED) is 0.906. The van der Waals surface area contributed by atoms with Crippen molar-refractivity contribution < 1.29 is 0 Å². The van der Waals surface area contributed by atoms with Crippen molar-refractivity contribution in [3.8, 4) is 11.1 Å². The molecule has 2 aromatic rings. The topological polar surface area (TPSA) is 63.8 Å². The fourth-order valence-electron chi connectivity index (χ4n) is 1.50. The van der Waals surface area contributed by atoms with Gasteiger partial charge >= 0.3 is 0 Å². The number of nitrogens with two attached hydrogens (primary N) is 1. The van der Waals surface area contributed by atoms with E-state index in [2.05, 4.69) is 15.5 Å². The predicted molar refractivity (Wildman–Crippen MR) is 79.5 cm³/mol. The van der Waals surface area contributed by atoms with Gasteiger partial charge in [0.1, 0.15) is 0 Å². The molecule has 0 spiro atoms. The molecule has 0 fully saturated rings. The highest BCUT2D eigenvalue weighted by molar-refractivity contribution is 5.85. The van der Waals surface area contributed by atoms with Crippen molar-refractivity contribution in [2.45, 2.75) is 0 Å². The van der Waals surface area contributed by atoms with E-state index >= 15 is 0 Å². The van der Waals surface area contributed by atoms with Crippen LogP contribution in [0.2, 0.25) is 0 Å². The molecule has 6 heteroatoms. The van der Waals surface area contributed by atoms with E-state index in [1.807, 2.05) is 36.4 Å². The van der Waals surface area contributed by atoms with Gasteiger partial charge < -0.3 is 11.1 Å². The summed E-state index contributed by atoms with van der Waals surface area (Å²) < 4.78 is 0. The summed E-state index contributed by atoms with van der Waals surface area (Å²) in [7, 11) is 0. The van der Waals surface area contributed by atoms with E-state index in [0.717, 1.165) is 16.9 Å². The Hall–Kier alpha value is -1.36. The van der Waals surface area contributed by atoms with Crippen molar-refractivity contribution in [3.63, 3.8) is 0 Å². The first-order valence-electron chi connectivity index (χ1n) is 5.23. The number of halogens is 2. The highest BCUT2D eigenvalue weighted by atomic mass is 35.5. The lowest BCUT2D eigenvalue weighted by atomic mass is 10.1. The number of benzene rings is 1. The fourth-order valence-corrected chi connectivity index (χ4v) is 1.50. The van der Waals surface area contributed by atoms with Crippen LogP contribution in [0.4, 0.5) is 5.82 Å². The summed E-state index contributed by atoms with van der Waals surface area (Å²) in [6.07, 6.45) is 1.69. The third kappa shape index (κ3) is 4.14. The van der Waals surface area contributed by atoms with Gasteiger partial charge in [0, 0.05) is 18.7 Å². The Labute approximate surface area is 119 Å². The first-order valence-corrected chi connectivity index (χ1v) is 5.23. The van der Waals surface area contributed by atoms with E-state index in [1.54, 1.807) is 6.20 Å². The molecule has 0 aliphatic carbocycles. The zero-order valence-electron chi connectivity index (χ0n) is 9.74. The molecule has 0 unspecified atom stereocenters. The van der Waals surface area contributed by atoms with Crippen molar-refractivity contribution in [2.24, 2.45) is 5.73 Å². The molecule has 1 heterocycles.